The molecule has 206 valence electrons. The quantitative estimate of drug-likeness (QED) is 0.164. The Bertz CT molecular complexity index is 1340. The van der Waals surface area contributed by atoms with Gasteiger partial charge in [0, 0.05) is 22.8 Å². The van der Waals surface area contributed by atoms with Gasteiger partial charge in [-0.15, -0.1) is 0 Å². The van der Waals surface area contributed by atoms with E-state index in [2.05, 4.69) is 106 Å². The van der Waals surface area contributed by atoms with Crippen molar-refractivity contribution in [1.29, 1.82) is 0 Å². The zero-order valence-corrected chi connectivity index (χ0v) is 27.4. The average molecular weight is 650 g/mol. The van der Waals surface area contributed by atoms with Gasteiger partial charge in [0.15, 0.2) is 0 Å². The molecule has 0 heterocycles. The van der Waals surface area contributed by atoms with Crippen LogP contribution < -0.4 is 0 Å². The van der Waals surface area contributed by atoms with Crippen LogP contribution in [0.3, 0.4) is 0 Å². The first-order valence-electron chi connectivity index (χ1n) is 13.9. The van der Waals surface area contributed by atoms with E-state index in [-0.39, 0.29) is 0 Å². The summed E-state index contributed by atoms with van der Waals surface area (Å²) >= 11 is -0.826. The second-order valence-electron chi connectivity index (χ2n) is 10.9. The number of rotatable bonds is 6. The van der Waals surface area contributed by atoms with E-state index >= 15 is 0 Å². The molecule has 40 heavy (non-hydrogen) atoms. The molecule has 1 fully saturated rings. The number of benzene rings is 4. The third kappa shape index (κ3) is 6.99. The van der Waals surface area contributed by atoms with Gasteiger partial charge >= 0.3 is 37.9 Å². The van der Waals surface area contributed by atoms with Crippen molar-refractivity contribution < 1.29 is 26.0 Å². The molecule has 1 saturated carbocycles. The van der Waals surface area contributed by atoms with E-state index in [1.807, 2.05) is 24.4 Å². The van der Waals surface area contributed by atoms with E-state index in [4.69, 9.17) is 22.0 Å². The molecule has 0 radical (unpaired) electrons. The van der Waals surface area contributed by atoms with Crippen molar-refractivity contribution in [2.45, 2.75) is 51.5 Å². The van der Waals surface area contributed by atoms with E-state index in [1.54, 1.807) is 0 Å². The third-order valence-corrected chi connectivity index (χ3v) is 8.56. The van der Waals surface area contributed by atoms with E-state index in [0.29, 0.717) is 23.6 Å². The van der Waals surface area contributed by atoms with Crippen molar-refractivity contribution >= 4 is 23.2 Å². The van der Waals surface area contributed by atoms with Crippen molar-refractivity contribution in [3.63, 3.8) is 0 Å². The Labute approximate surface area is 258 Å². The summed E-state index contributed by atoms with van der Waals surface area (Å²) in [4.78, 5) is 5.06. The molecule has 1 N–H and O–H groups in total. The fraction of sp³-hybridized carbons (Fsp3) is 0.286. The predicted octanol–water partition coefficient (Wildman–Crippen LogP) is 10.0. The van der Waals surface area contributed by atoms with Crippen LogP contribution in [0.4, 0.5) is 0 Å². The van der Waals surface area contributed by atoms with Crippen molar-refractivity contribution in [2.75, 3.05) is 0 Å². The first-order chi connectivity index (χ1) is 19.4. The number of aliphatic imine (C=N–C) groups is 1. The number of phenolic OH excluding ortho intramolecular Hbond substituents is 1. The van der Waals surface area contributed by atoms with Crippen LogP contribution in [0.2, 0.25) is 0 Å². The molecule has 0 spiro atoms. The second kappa shape index (κ2) is 14.6. The Kier molecular flexibility index (Phi) is 11.3. The number of hydrogen-bond donors (Lipinski definition) is 1. The Morgan fingerprint density at radius 2 is 1.32 bits per heavy atom. The molecule has 1 aliphatic carbocycles. The zero-order chi connectivity index (χ0) is 28.5. The van der Waals surface area contributed by atoms with Crippen LogP contribution in [-0.2, 0) is 26.3 Å². The molecular weight excluding hydrogens is 613 g/mol. The molecule has 5 rings (SSSR count). The molecule has 0 bridgehead atoms. The van der Waals surface area contributed by atoms with Crippen LogP contribution in [0.25, 0.3) is 11.1 Å². The van der Waals surface area contributed by atoms with Crippen molar-refractivity contribution in [1.82, 2.24) is 0 Å². The summed E-state index contributed by atoms with van der Waals surface area (Å²) in [7, 11) is 9.87. The molecule has 2 nitrogen and oxygen atoms in total. The van der Waals surface area contributed by atoms with Gasteiger partial charge in [0.05, 0.1) is 6.04 Å². The standard InChI is InChI=1S/C35H37NO.2ClH.Zr/c1-25-14-13-21-33(26(25)2)36-24-29-22-28(27-15-7-4-8-16-27)23-32(34(29)37)35(3,30-17-9-5-10-18-30)31-19-11-6-12-20-31;;;/h4-12,15-20,22-26,33,37H,13-14,21H2,1-3H3;2*1H;/q;;;+2/p-2. The van der Waals surface area contributed by atoms with Gasteiger partial charge in [-0.25, -0.2) is 0 Å². The minimum atomic E-state index is -0.826. The van der Waals surface area contributed by atoms with Gasteiger partial charge in [-0.2, -0.15) is 0 Å². The van der Waals surface area contributed by atoms with Crippen LogP contribution >= 0.6 is 17.0 Å². The second-order valence-corrected chi connectivity index (χ2v) is 14.6. The van der Waals surface area contributed by atoms with Crippen molar-refractivity contribution in [3.05, 3.63) is 125 Å². The summed E-state index contributed by atoms with van der Waals surface area (Å²) in [6, 6.07) is 36.0. The maximum atomic E-state index is 11.9. The summed E-state index contributed by atoms with van der Waals surface area (Å²) in [5.41, 5.74) is 5.60. The van der Waals surface area contributed by atoms with E-state index in [0.717, 1.165) is 39.8 Å². The first kappa shape index (κ1) is 30.8. The molecule has 0 aliphatic heterocycles. The maximum absolute atomic E-state index is 11.9. The van der Waals surface area contributed by atoms with Gasteiger partial charge in [-0.3, -0.25) is 4.99 Å². The molecule has 4 aromatic rings. The summed E-state index contributed by atoms with van der Waals surface area (Å²) in [5, 5.41) is 11.9. The number of aromatic hydroxyl groups is 1. The van der Waals surface area contributed by atoms with E-state index in [9.17, 15) is 5.11 Å². The molecule has 0 saturated heterocycles. The fourth-order valence-electron chi connectivity index (χ4n) is 5.89. The Morgan fingerprint density at radius 1 is 0.800 bits per heavy atom. The normalized spacial score (nSPS) is 19.1. The van der Waals surface area contributed by atoms with Gasteiger partial charge in [-0.1, -0.05) is 118 Å². The van der Waals surface area contributed by atoms with Crippen molar-refractivity contribution in [3.8, 4) is 16.9 Å². The Hall–Kier alpha value is -2.19. The van der Waals surface area contributed by atoms with E-state index in [1.165, 1.54) is 12.8 Å². The summed E-state index contributed by atoms with van der Waals surface area (Å²) in [6.07, 6.45) is 5.54. The zero-order valence-electron chi connectivity index (χ0n) is 23.4. The van der Waals surface area contributed by atoms with Crippen LogP contribution in [-0.4, -0.2) is 17.4 Å². The van der Waals surface area contributed by atoms with Crippen LogP contribution in [0.1, 0.15) is 62.3 Å². The Morgan fingerprint density at radius 3 is 1.88 bits per heavy atom. The fourth-order valence-corrected chi connectivity index (χ4v) is 5.89. The summed E-state index contributed by atoms with van der Waals surface area (Å²) in [5.74, 6) is 1.52. The SMILES string of the molecule is CC1CCCC(N=Cc2cc(-c3ccccc3)cc(C(C)(c3ccccc3)c3ccccc3)c2O)C1C.[Cl][Zr][Cl]. The number of hydrogen-bond acceptors (Lipinski definition) is 2. The van der Waals surface area contributed by atoms with Crippen LogP contribution in [0, 0.1) is 11.8 Å². The van der Waals surface area contributed by atoms with Gasteiger partial charge in [0.25, 0.3) is 0 Å². The molecule has 1 aliphatic rings. The van der Waals surface area contributed by atoms with Crippen molar-refractivity contribution in [2.24, 2.45) is 16.8 Å². The van der Waals surface area contributed by atoms with Gasteiger partial charge < -0.3 is 5.11 Å². The topological polar surface area (TPSA) is 32.6 Å². The van der Waals surface area contributed by atoms with Gasteiger partial charge in [0.2, 0.25) is 0 Å². The molecule has 0 amide bonds. The molecular formula is C35H37Cl2NOZr. The minimum absolute atomic E-state index is 0.293. The number of phenols is 1. The number of halogens is 2. The molecule has 4 aromatic carbocycles. The average Bonchev–Trinajstić information content (AvgIpc) is 3.00. The summed E-state index contributed by atoms with van der Waals surface area (Å²) in [6.45, 7) is 6.87. The predicted molar refractivity (Wildman–Crippen MR) is 167 cm³/mol. The molecule has 3 unspecified atom stereocenters. The monoisotopic (exact) mass is 647 g/mol. The van der Waals surface area contributed by atoms with Gasteiger partial charge in [0.1, 0.15) is 5.75 Å². The summed E-state index contributed by atoms with van der Waals surface area (Å²) < 4.78 is 0. The van der Waals surface area contributed by atoms with Gasteiger partial charge in [-0.05, 0) is 59.6 Å². The number of nitrogens with zero attached hydrogens (tertiary/aromatic N) is 1. The van der Waals surface area contributed by atoms with Crippen LogP contribution in [0.15, 0.2) is 108 Å². The molecule has 5 heteroatoms. The first-order valence-corrected chi connectivity index (χ1v) is 20.3. The molecule has 3 atom stereocenters. The Balaban J connectivity index is 0.00000118. The molecule has 0 aromatic heterocycles. The van der Waals surface area contributed by atoms with Crippen LogP contribution in [0.5, 0.6) is 5.75 Å². The third-order valence-electron chi connectivity index (χ3n) is 8.56. The van der Waals surface area contributed by atoms with E-state index < -0.39 is 26.3 Å².